The Bertz CT molecular complexity index is 384. The molecule has 0 aliphatic rings. The molecule has 0 atom stereocenters. The quantitative estimate of drug-likeness (QED) is 0.550. The van der Waals surface area contributed by atoms with Crippen LogP contribution in [-0.2, 0) is 11.3 Å². The molecular formula is C13H21N3OS. The van der Waals surface area contributed by atoms with Crippen molar-refractivity contribution in [2.75, 3.05) is 30.3 Å². The van der Waals surface area contributed by atoms with E-state index in [4.69, 9.17) is 11.5 Å². The summed E-state index contributed by atoms with van der Waals surface area (Å²) in [6.07, 6.45) is 0. The highest BCUT2D eigenvalue weighted by Gasteiger charge is 2.09. The molecule has 5 heteroatoms. The van der Waals surface area contributed by atoms with Crippen LogP contribution >= 0.6 is 11.8 Å². The van der Waals surface area contributed by atoms with Crippen molar-refractivity contribution in [1.82, 2.24) is 4.90 Å². The number of hydrogen-bond donors (Lipinski definition) is 2. The van der Waals surface area contributed by atoms with Gasteiger partial charge in [0.15, 0.2) is 0 Å². The molecule has 0 unspecified atom stereocenters. The fraction of sp³-hybridized carbons (Fsp3) is 0.462. The molecule has 1 amide bonds. The molecule has 0 heterocycles. The second kappa shape index (κ2) is 8.00. The molecule has 0 fully saturated rings. The van der Waals surface area contributed by atoms with Crippen molar-refractivity contribution in [1.29, 1.82) is 0 Å². The molecule has 100 valence electrons. The zero-order valence-corrected chi connectivity index (χ0v) is 11.6. The van der Waals surface area contributed by atoms with Crippen molar-refractivity contribution in [3.8, 4) is 0 Å². The summed E-state index contributed by atoms with van der Waals surface area (Å²) < 4.78 is 0. The van der Waals surface area contributed by atoms with E-state index < -0.39 is 0 Å². The van der Waals surface area contributed by atoms with Gasteiger partial charge in [-0.2, -0.15) is 11.8 Å². The van der Waals surface area contributed by atoms with Gasteiger partial charge >= 0.3 is 0 Å². The van der Waals surface area contributed by atoms with Gasteiger partial charge in [-0.05, 0) is 23.4 Å². The molecular weight excluding hydrogens is 246 g/mol. The van der Waals surface area contributed by atoms with Crippen LogP contribution in [0, 0.1) is 0 Å². The van der Waals surface area contributed by atoms with Crippen LogP contribution in [0.1, 0.15) is 12.5 Å². The van der Waals surface area contributed by atoms with Crippen LogP contribution in [0.25, 0.3) is 0 Å². The van der Waals surface area contributed by atoms with Crippen LogP contribution in [0.5, 0.6) is 0 Å². The smallest absolute Gasteiger partial charge is 0.231 e. The van der Waals surface area contributed by atoms with E-state index in [9.17, 15) is 4.79 Å². The first-order valence-electron chi connectivity index (χ1n) is 6.04. The standard InChI is InChI=1S/C13H21N3OS/c1-2-18-7-6-16(10-13(15)17)9-11-4-3-5-12(14)8-11/h3-5,8H,2,6-7,9-10,14H2,1H3,(H2,15,17). The maximum Gasteiger partial charge on any atom is 0.231 e. The van der Waals surface area contributed by atoms with Gasteiger partial charge in [0.25, 0.3) is 0 Å². The molecule has 1 aromatic rings. The molecule has 4 N–H and O–H groups in total. The lowest BCUT2D eigenvalue weighted by Crippen LogP contribution is -2.34. The predicted molar refractivity (Wildman–Crippen MR) is 78.3 cm³/mol. The number of thioether (sulfide) groups is 1. The summed E-state index contributed by atoms with van der Waals surface area (Å²) >= 11 is 1.86. The lowest BCUT2D eigenvalue weighted by atomic mass is 10.2. The Kier molecular flexibility index (Phi) is 6.60. The number of benzene rings is 1. The van der Waals surface area contributed by atoms with Gasteiger partial charge in [-0.1, -0.05) is 19.1 Å². The molecule has 0 bridgehead atoms. The summed E-state index contributed by atoms with van der Waals surface area (Å²) in [5, 5.41) is 0. The third-order valence-electron chi connectivity index (χ3n) is 2.49. The Balaban J connectivity index is 2.56. The first-order valence-corrected chi connectivity index (χ1v) is 7.20. The number of amides is 1. The zero-order chi connectivity index (χ0) is 13.4. The van der Waals surface area contributed by atoms with E-state index >= 15 is 0 Å². The first-order chi connectivity index (χ1) is 8.61. The largest absolute Gasteiger partial charge is 0.399 e. The molecule has 0 spiro atoms. The van der Waals surface area contributed by atoms with Gasteiger partial charge < -0.3 is 11.5 Å². The van der Waals surface area contributed by atoms with Crippen molar-refractivity contribution in [2.45, 2.75) is 13.5 Å². The fourth-order valence-corrected chi connectivity index (χ4v) is 2.40. The number of nitrogens with zero attached hydrogens (tertiary/aromatic N) is 1. The number of hydrogen-bond acceptors (Lipinski definition) is 4. The third kappa shape index (κ3) is 5.93. The van der Waals surface area contributed by atoms with E-state index in [1.807, 2.05) is 36.0 Å². The monoisotopic (exact) mass is 267 g/mol. The summed E-state index contributed by atoms with van der Waals surface area (Å²) in [6.45, 7) is 3.98. The van der Waals surface area contributed by atoms with Crippen LogP contribution in [0.2, 0.25) is 0 Å². The number of nitrogen functional groups attached to an aromatic ring is 1. The van der Waals surface area contributed by atoms with E-state index in [-0.39, 0.29) is 5.91 Å². The average molecular weight is 267 g/mol. The molecule has 4 nitrogen and oxygen atoms in total. The van der Waals surface area contributed by atoms with Gasteiger partial charge in [0.2, 0.25) is 5.91 Å². The minimum Gasteiger partial charge on any atom is -0.399 e. The van der Waals surface area contributed by atoms with Crippen molar-refractivity contribution in [3.63, 3.8) is 0 Å². The predicted octanol–water partition coefficient (Wildman–Crippen LogP) is 1.31. The highest BCUT2D eigenvalue weighted by Crippen LogP contribution is 2.10. The van der Waals surface area contributed by atoms with Crippen molar-refractivity contribution in [2.24, 2.45) is 5.73 Å². The van der Waals surface area contributed by atoms with Crippen molar-refractivity contribution in [3.05, 3.63) is 29.8 Å². The van der Waals surface area contributed by atoms with Gasteiger partial charge in [0.05, 0.1) is 6.54 Å². The van der Waals surface area contributed by atoms with Crippen LogP contribution < -0.4 is 11.5 Å². The van der Waals surface area contributed by atoms with E-state index in [2.05, 4.69) is 11.8 Å². The van der Waals surface area contributed by atoms with Crippen LogP contribution in [0.3, 0.4) is 0 Å². The number of anilines is 1. The molecule has 0 saturated heterocycles. The van der Waals surface area contributed by atoms with Gasteiger partial charge in [-0.3, -0.25) is 9.69 Å². The zero-order valence-electron chi connectivity index (χ0n) is 10.8. The van der Waals surface area contributed by atoms with E-state index in [1.165, 1.54) is 0 Å². The molecule has 1 rings (SSSR count). The summed E-state index contributed by atoms with van der Waals surface area (Å²) in [7, 11) is 0. The Hall–Kier alpha value is -1.20. The van der Waals surface area contributed by atoms with E-state index in [0.717, 1.165) is 29.3 Å². The highest BCUT2D eigenvalue weighted by atomic mass is 32.2. The van der Waals surface area contributed by atoms with E-state index in [0.29, 0.717) is 13.1 Å². The lowest BCUT2D eigenvalue weighted by Gasteiger charge is -2.20. The maximum absolute atomic E-state index is 11.0. The van der Waals surface area contributed by atoms with Crippen LogP contribution in [-0.4, -0.2) is 35.4 Å². The Morgan fingerprint density at radius 1 is 1.44 bits per heavy atom. The van der Waals surface area contributed by atoms with Crippen molar-refractivity contribution < 1.29 is 4.79 Å². The number of rotatable bonds is 8. The average Bonchev–Trinajstić information content (AvgIpc) is 2.28. The second-order valence-electron chi connectivity index (χ2n) is 4.12. The fourth-order valence-electron chi connectivity index (χ4n) is 1.72. The van der Waals surface area contributed by atoms with Gasteiger partial charge in [0.1, 0.15) is 0 Å². The molecule has 0 radical (unpaired) electrons. The molecule has 0 saturated carbocycles. The number of carbonyl (C=O) groups excluding carboxylic acids is 1. The van der Waals surface area contributed by atoms with Crippen LogP contribution in [0.15, 0.2) is 24.3 Å². The normalized spacial score (nSPS) is 10.8. The van der Waals surface area contributed by atoms with Gasteiger partial charge in [0, 0.05) is 24.5 Å². The molecule has 0 aliphatic heterocycles. The topological polar surface area (TPSA) is 72.3 Å². The summed E-state index contributed by atoms with van der Waals surface area (Å²) in [5.41, 5.74) is 12.9. The lowest BCUT2D eigenvalue weighted by molar-refractivity contribution is -0.119. The second-order valence-corrected chi connectivity index (χ2v) is 5.51. The Morgan fingerprint density at radius 2 is 2.22 bits per heavy atom. The first kappa shape index (κ1) is 14.9. The Labute approximate surface area is 113 Å². The number of nitrogens with two attached hydrogens (primary N) is 2. The minimum atomic E-state index is -0.291. The highest BCUT2D eigenvalue weighted by molar-refractivity contribution is 7.99. The summed E-state index contributed by atoms with van der Waals surface area (Å²) in [4.78, 5) is 13.1. The molecule has 0 aromatic heterocycles. The third-order valence-corrected chi connectivity index (χ3v) is 3.37. The van der Waals surface area contributed by atoms with Gasteiger partial charge in [-0.25, -0.2) is 0 Å². The number of carbonyl (C=O) groups is 1. The Morgan fingerprint density at radius 3 is 2.83 bits per heavy atom. The SMILES string of the molecule is CCSCCN(CC(N)=O)Cc1cccc(N)c1. The maximum atomic E-state index is 11.0. The van der Waals surface area contributed by atoms with Crippen LogP contribution in [0.4, 0.5) is 5.69 Å². The summed E-state index contributed by atoms with van der Waals surface area (Å²) in [5.74, 6) is 1.80. The van der Waals surface area contributed by atoms with Crippen molar-refractivity contribution >= 4 is 23.4 Å². The minimum absolute atomic E-state index is 0.291. The van der Waals surface area contributed by atoms with E-state index in [1.54, 1.807) is 0 Å². The summed E-state index contributed by atoms with van der Waals surface area (Å²) in [6, 6.07) is 7.72. The number of primary amides is 1. The molecule has 18 heavy (non-hydrogen) atoms. The molecule has 0 aliphatic carbocycles. The van der Waals surface area contributed by atoms with Gasteiger partial charge in [-0.15, -0.1) is 0 Å². The molecule has 1 aromatic carbocycles.